The van der Waals surface area contributed by atoms with Crippen molar-refractivity contribution in [2.45, 2.75) is 27.3 Å². The van der Waals surface area contributed by atoms with E-state index in [1.165, 1.54) is 0 Å². The normalized spacial score (nSPS) is 11.2. The molecule has 0 amide bonds. The first kappa shape index (κ1) is 25.4. The number of oxazole rings is 1. The molecule has 0 bridgehead atoms. The van der Waals surface area contributed by atoms with Gasteiger partial charge < -0.3 is 23.2 Å². The van der Waals surface area contributed by atoms with Gasteiger partial charge in [0.25, 0.3) is 5.56 Å². The Bertz CT molecular complexity index is 1670. The van der Waals surface area contributed by atoms with Crippen LogP contribution in [0.25, 0.3) is 28.2 Å². The van der Waals surface area contributed by atoms with E-state index in [1.54, 1.807) is 46.8 Å². The molecule has 0 aliphatic heterocycles. The summed E-state index contributed by atoms with van der Waals surface area (Å²) in [6.45, 7) is 6.94. The van der Waals surface area contributed by atoms with Gasteiger partial charge >= 0.3 is 0 Å². The second-order valence-electron chi connectivity index (χ2n) is 8.49. The summed E-state index contributed by atoms with van der Waals surface area (Å²) in [7, 11) is 1.59. The van der Waals surface area contributed by atoms with E-state index in [2.05, 4.69) is 10.1 Å². The minimum atomic E-state index is -0.199. The lowest BCUT2D eigenvalue weighted by atomic mass is 10.1. The summed E-state index contributed by atoms with van der Waals surface area (Å²) in [5, 5.41) is 5.04. The van der Waals surface area contributed by atoms with Gasteiger partial charge in [-0.15, -0.1) is 0 Å². The highest BCUT2D eigenvalue weighted by atomic mass is 35.5. The Morgan fingerprint density at radius 1 is 0.947 bits per heavy atom. The summed E-state index contributed by atoms with van der Waals surface area (Å²) < 4.78 is 25.6. The molecule has 38 heavy (non-hydrogen) atoms. The van der Waals surface area contributed by atoms with Gasteiger partial charge in [-0.05, 0) is 63.2 Å². The highest BCUT2D eigenvalue weighted by Crippen LogP contribution is 2.33. The Balaban J connectivity index is 1.43. The number of ether oxygens (including phenoxy) is 3. The Kier molecular flexibility index (Phi) is 7.11. The molecule has 3 heterocycles. The number of fused-ring (bicyclic) bond motifs is 1. The van der Waals surface area contributed by atoms with E-state index in [-0.39, 0.29) is 12.1 Å². The standard InChI is InChI=1S/C28H27ClN4O5/c1-5-36-24-9-7-18(13-20(24)29)21-15-23-28(34)32(11-12-33(23)31-21)16-22-17(3)38-27(30-22)19-8-10-25(37-6-2)26(14-19)35-4/h7-15H,5-6,16H2,1-4H3. The maximum Gasteiger partial charge on any atom is 0.276 e. The van der Waals surface area contributed by atoms with Gasteiger partial charge in [-0.25, -0.2) is 9.50 Å². The van der Waals surface area contributed by atoms with Crippen LogP contribution in [-0.4, -0.2) is 39.5 Å². The van der Waals surface area contributed by atoms with E-state index >= 15 is 0 Å². The molecular formula is C28H27ClN4O5. The van der Waals surface area contributed by atoms with E-state index in [4.69, 9.17) is 30.2 Å². The fourth-order valence-electron chi connectivity index (χ4n) is 4.16. The molecule has 0 saturated carbocycles. The van der Waals surface area contributed by atoms with Gasteiger partial charge in [-0.1, -0.05) is 11.6 Å². The highest BCUT2D eigenvalue weighted by Gasteiger charge is 2.17. The molecule has 10 heteroatoms. The van der Waals surface area contributed by atoms with E-state index in [9.17, 15) is 4.79 Å². The van der Waals surface area contributed by atoms with Crippen molar-refractivity contribution >= 4 is 17.1 Å². The van der Waals surface area contributed by atoms with Crippen LogP contribution in [0.2, 0.25) is 5.02 Å². The first-order chi connectivity index (χ1) is 18.4. The molecule has 0 unspecified atom stereocenters. The third-order valence-electron chi connectivity index (χ3n) is 6.05. The van der Waals surface area contributed by atoms with E-state index in [0.717, 1.165) is 11.1 Å². The van der Waals surface area contributed by atoms with Gasteiger partial charge in [-0.2, -0.15) is 5.10 Å². The van der Waals surface area contributed by atoms with Gasteiger partial charge in [0.15, 0.2) is 11.5 Å². The summed E-state index contributed by atoms with van der Waals surface area (Å²) >= 11 is 6.35. The third-order valence-corrected chi connectivity index (χ3v) is 6.35. The van der Waals surface area contributed by atoms with E-state index < -0.39 is 0 Å². The molecular weight excluding hydrogens is 508 g/mol. The maximum atomic E-state index is 13.3. The van der Waals surface area contributed by atoms with E-state index in [1.807, 2.05) is 45.0 Å². The summed E-state index contributed by atoms with van der Waals surface area (Å²) in [6, 6.07) is 12.7. The SMILES string of the molecule is CCOc1ccc(-c2cc3c(=O)n(Cc4nc(-c5ccc(OCC)c(OC)c5)oc4C)ccn3n2)cc1Cl. The lowest BCUT2D eigenvalue weighted by Gasteiger charge is -2.09. The number of halogens is 1. The van der Waals surface area contributed by atoms with Crippen molar-refractivity contribution < 1.29 is 18.6 Å². The molecule has 0 aliphatic carbocycles. The maximum absolute atomic E-state index is 13.3. The second kappa shape index (κ2) is 10.6. The van der Waals surface area contributed by atoms with Crippen molar-refractivity contribution in [3.63, 3.8) is 0 Å². The first-order valence-corrected chi connectivity index (χ1v) is 12.6. The summed E-state index contributed by atoms with van der Waals surface area (Å²) in [6.07, 6.45) is 3.43. The number of benzene rings is 2. The van der Waals surface area contributed by atoms with Gasteiger partial charge in [0.1, 0.15) is 22.7 Å². The van der Waals surface area contributed by atoms with Gasteiger partial charge in [0, 0.05) is 23.5 Å². The topological polar surface area (TPSA) is 93.0 Å². The highest BCUT2D eigenvalue weighted by molar-refractivity contribution is 6.32. The monoisotopic (exact) mass is 534 g/mol. The van der Waals surface area contributed by atoms with Crippen molar-refractivity contribution in [3.8, 4) is 40.0 Å². The average molecular weight is 535 g/mol. The van der Waals surface area contributed by atoms with Gasteiger partial charge in [-0.3, -0.25) is 4.79 Å². The fraction of sp³-hybridized carbons (Fsp3) is 0.250. The molecule has 0 saturated heterocycles. The zero-order valence-corrected chi connectivity index (χ0v) is 22.3. The molecule has 0 N–H and O–H groups in total. The predicted octanol–water partition coefficient (Wildman–Crippen LogP) is 5.63. The lowest BCUT2D eigenvalue weighted by molar-refractivity contribution is 0.311. The van der Waals surface area contributed by atoms with Gasteiger partial charge in [0.2, 0.25) is 5.89 Å². The Labute approximate surface area is 224 Å². The third kappa shape index (κ3) is 4.84. The number of hydrogen-bond donors (Lipinski definition) is 0. The van der Waals surface area contributed by atoms with Crippen LogP contribution in [0.3, 0.4) is 0 Å². The van der Waals surface area contributed by atoms with Crippen LogP contribution in [0.1, 0.15) is 25.3 Å². The Hall–Kier alpha value is -4.24. The quantitative estimate of drug-likeness (QED) is 0.242. The van der Waals surface area contributed by atoms with Crippen molar-refractivity contribution in [2.24, 2.45) is 0 Å². The van der Waals surface area contributed by atoms with E-state index in [0.29, 0.717) is 64.0 Å². The molecule has 0 radical (unpaired) electrons. The molecule has 5 aromatic rings. The smallest absolute Gasteiger partial charge is 0.276 e. The minimum Gasteiger partial charge on any atom is -0.493 e. The predicted molar refractivity (Wildman–Crippen MR) is 145 cm³/mol. The summed E-state index contributed by atoms with van der Waals surface area (Å²) in [5.74, 6) is 2.91. The molecule has 0 spiro atoms. The number of methoxy groups -OCH3 is 1. The van der Waals surface area contributed by atoms with Crippen LogP contribution in [0, 0.1) is 6.92 Å². The number of nitrogens with zero attached hydrogens (tertiary/aromatic N) is 4. The largest absolute Gasteiger partial charge is 0.493 e. The van der Waals surface area contributed by atoms with Crippen LogP contribution >= 0.6 is 11.6 Å². The van der Waals surface area contributed by atoms with Crippen LogP contribution < -0.4 is 19.8 Å². The summed E-state index contributed by atoms with van der Waals surface area (Å²) in [4.78, 5) is 18.0. The second-order valence-corrected chi connectivity index (χ2v) is 8.90. The van der Waals surface area contributed by atoms with Crippen molar-refractivity contribution in [1.29, 1.82) is 0 Å². The fourth-order valence-corrected chi connectivity index (χ4v) is 4.39. The minimum absolute atomic E-state index is 0.199. The van der Waals surface area contributed by atoms with Crippen molar-refractivity contribution in [1.82, 2.24) is 19.2 Å². The lowest BCUT2D eigenvalue weighted by Crippen LogP contribution is -2.22. The Morgan fingerprint density at radius 2 is 1.68 bits per heavy atom. The van der Waals surface area contributed by atoms with Crippen LogP contribution in [0.15, 0.2) is 64.1 Å². The zero-order valence-electron chi connectivity index (χ0n) is 21.5. The average Bonchev–Trinajstić information content (AvgIpc) is 3.51. The first-order valence-electron chi connectivity index (χ1n) is 12.2. The van der Waals surface area contributed by atoms with Gasteiger partial charge in [0.05, 0.1) is 37.6 Å². The van der Waals surface area contributed by atoms with Crippen molar-refractivity contribution in [3.05, 3.63) is 81.7 Å². The van der Waals surface area contributed by atoms with Crippen LogP contribution in [0.5, 0.6) is 17.2 Å². The molecule has 0 atom stereocenters. The Morgan fingerprint density at radius 3 is 2.42 bits per heavy atom. The summed E-state index contributed by atoms with van der Waals surface area (Å²) in [5.41, 5.74) is 3.05. The molecule has 5 rings (SSSR count). The molecule has 3 aromatic heterocycles. The number of hydrogen-bond acceptors (Lipinski definition) is 7. The number of aryl methyl sites for hydroxylation is 1. The molecule has 196 valence electrons. The molecule has 9 nitrogen and oxygen atoms in total. The van der Waals surface area contributed by atoms with Crippen LogP contribution in [-0.2, 0) is 6.54 Å². The molecule has 0 aliphatic rings. The molecule has 0 fully saturated rings. The number of aromatic nitrogens is 4. The zero-order chi connectivity index (χ0) is 26.8. The number of rotatable bonds is 9. The van der Waals surface area contributed by atoms with Crippen molar-refractivity contribution in [2.75, 3.05) is 20.3 Å². The molecule has 2 aromatic carbocycles. The van der Waals surface area contributed by atoms with Crippen LogP contribution in [0.4, 0.5) is 0 Å².